The average molecular weight is 522 g/mol. The average Bonchev–Trinajstić information content (AvgIpc) is 3.57. The minimum Gasteiger partial charge on any atom is -0.394 e. The van der Waals surface area contributed by atoms with Crippen LogP contribution in [-0.2, 0) is 7.05 Å². The summed E-state index contributed by atoms with van der Waals surface area (Å²) in [5.74, 6) is 1.28. The summed E-state index contributed by atoms with van der Waals surface area (Å²) >= 11 is 0. The number of rotatable bonds is 8. The van der Waals surface area contributed by atoms with Gasteiger partial charge in [0, 0.05) is 36.9 Å². The molecule has 0 fully saturated rings. The molecule has 0 saturated carbocycles. The summed E-state index contributed by atoms with van der Waals surface area (Å²) in [6, 6.07) is 18.0. The lowest BCUT2D eigenvalue weighted by Gasteiger charge is -2.19. The topological polar surface area (TPSA) is 160 Å². The number of anilines is 3. The van der Waals surface area contributed by atoms with Gasteiger partial charge in [-0.2, -0.15) is 9.97 Å². The van der Waals surface area contributed by atoms with Gasteiger partial charge in [-0.05, 0) is 35.9 Å². The van der Waals surface area contributed by atoms with Gasteiger partial charge in [0.25, 0.3) is 11.4 Å². The molecule has 0 radical (unpaired) electrons. The number of benzene rings is 2. The van der Waals surface area contributed by atoms with Crippen molar-refractivity contribution < 1.29 is 9.63 Å². The number of nitrogens with zero attached hydrogens (tertiary/aromatic N) is 6. The monoisotopic (exact) mass is 521 g/mol. The highest BCUT2D eigenvalue weighted by Crippen LogP contribution is 2.31. The first-order chi connectivity index (χ1) is 19.1. The fourth-order valence-corrected chi connectivity index (χ4v) is 4.23. The van der Waals surface area contributed by atoms with E-state index in [1.165, 1.54) is 0 Å². The number of hydrogen-bond acceptors (Lipinski definition) is 10. The SMILES string of the molecule is Cn1[nH]c(=O)c2ccc(Nc3ncc(-c4nc(-c5ccncc5)no4)c(N[C@H](CO)c4ccccc4)n3)cc21. The summed E-state index contributed by atoms with van der Waals surface area (Å²) in [6.07, 6.45) is 4.87. The van der Waals surface area contributed by atoms with E-state index in [-0.39, 0.29) is 18.1 Å². The van der Waals surface area contributed by atoms with E-state index < -0.39 is 6.04 Å². The van der Waals surface area contributed by atoms with Crippen molar-refractivity contribution in [1.29, 1.82) is 0 Å². The fraction of sp³-hybridized carbons (Fsp3) is 0.111. The Labute approximate surface area is 221 Å². The molecule has 0 bridgehead atoms. The third kappa shape index (κ3) is 4.83. The summed E-state index contributed by atoms with van der Waals surface area (Å²) in [6.45, 7) is -0.180. The van der Waals surface area contributed by atoms with Crippen LogP contribution in [0.15, 0.2) is 88.6 Å². The summed E-state index contributed by atoms with van der Waals surface area (Å²) in [5.41, 5.74) is 3.36. The number of fused-ring (bicyclic) bond motifs is 1. The molecule has 39 heavy (non-hydrogen) atoms. The maximum absolute atomic E-state index is 12.1. The molecule has 6 rings (SSSR count). The number of hydrogen-bond donors (Lipinski definition) is 4. The van der Waals surface area contributed by atoms with Crippen molar-refractivity contribution in [1.82, 2.24) is 34.9 Å². The number of pyridine rings is 1. The van der Waals surface area contributed by atoms with Gasteiger partial charge in [0.05, 0.1) is 23.6 Å². The number of H-pyrrole nitrogens is 1. The Bertz CT molecular complexity index is 1800. The maximum atomic E-state index is 12.1. The second kappa shape index (κ2) is 10.2. The Hall–Kier alpha value is -5.36. The molecule has 6 aromatic rings. The predicted octanol–water partition coefficient (Wildman–Crippen LogP) is 3.66. The molecule has 4 aromatic heterocycles. The van der Waals surface area contributed by atoms with Crippen molar-refractivity contribution in [3.8, 4) is 22.8 Å². The molecule has 0 aliphatic heterocycles. The van der Waals surface area contributed by atoms with Gasteiger partial charge < -0.3 is 20.3 Å². The fourth-order valence-electron chi connectivity index (χ4n) is 4.23. The van der Waals surface area contributed by atoms with Crippen molar-refractivity contribution >= 4 is 28.4 Å². The Balaban J connectivity index is 1.38. The van der Waals surface area contributed by atoms with Crippen LogP contribution in [0.4, 0.5) is 17.5 Å². The molecule has 0 aliphatic carbocycles. The van der Waals surface area contributed by atoms with Crippen molar-refractivity contribution in [2.45, 2.75) is 6.04 Å². The van der Waals surface area contributed by atoms with E-state index in [1.54, 1.807) is 54.6 Å². The smallest absolute Gasteiger partial charge is 0.271 e. The highest BCUT2D eigenvalue weighted by atomic mass is 16.5. The van der Waals surface area contributed by atoms with E-state index in [2.05, 4.69) is 40.8 Å². The van der Waals surface area contributed by atoms with Gasteiger partial charge in [0.2, 0.25) is 11.8 Å². The maximum Gasteiger partial charge on any atom is 0.271 e. The van der Waals surface area contributed by atoms with Gasteiger partial charge in [0.1, 0.15) is 11.4 Å². The van der Waals surface area contributed by atoms with Crippen LogP contribution >= 0.6 is 0 Å². The van der Waals surface area contributed by atoms with E-state index in [1.807, 2.05) is 36.4 Å². The van der Waals surface area contributed by atoms with E-state index >= 15 is 0 Å². The number of aryl methyl sites for hydroxylation is 1. The number of aromatic amines is 1. The second-order valence-electron chi connectivity index (χ2n) is 8.76. The molecule has 4 heterocycles. The molecule has 0 amide bonds. The van der Waals surface area contributed by atoms with E-state index in [0.717, 1.165) is 16.6 Å². The van der Waals surface area contributed by atoms with Crippen molar-refractivity contribution in [2.24, 2.45) is 7.05 Å². The number of aromatic nitrogens is 7. The standard InChI is InChI=1S/C27H23N9O3/c1-36-22-13-18(7-8-19(22)25(38)34-36)30-27-29-14-20(26-32-23(35-39-26)17-9-11-28-12-10-17)24(33-27)31-21(15-37)16-5-3-2-4-6-16/h2-14,21,37H,15H2,1H3,(H,34,38)(H2,29,30,31,33)/t21-/m1/s1. The van der Waals surface area contributed by atoms with Gasteiger partial charge in [-0.15, -0.1) is 0 Å². The molecule has 194 valence electrons. The lowest BCUT2D eigenvalue weighted by Crippen LogP contribution is -2.17. The number of aliphatic hydroxyl groups is 1. The van der Waals surface area contributed by atoms with Crippen LogP contribution < -0.4 is 16.2 Å². The van der Waals surface area contributed by atoms with Gasteiger partial charge in [-0.3, -0.25) is 19.6 Å². The molecule has 0 saturated heterocycles. The van der Waals surface area contributed by atoms with Gasteiger partial charge in [-0.25, -0.2) is 4.98 Å². The first kappa shape index (κ1) is 24.0. The van der Waals surface area contributed by atoms with Crippen LogP contribution in [0, 0.1) is 0 Å². The quantitative estimate of drug-likeness (QED) is 0.233. The molecule has 1 atom stereocenters. The highest BCUT2D eigenvalue weighted by molar-refractivity contribution is 5.83. The molecule has 0 spiro atoms. The van der Waals surface area contributed by atoms with Crippen molar-refractivity contribution in [2.75, 3.05) is 17.2 Å². The number of aliphatic hydroxyl groups excluding tert-OH is 1. The molecule has 0 unspecified atom stereocenters. The van der Waals surface area contributed by atoms with E-state index in [9.17, 15) is 9.90 Å². The summed E-state index contributed by atoms with van der Waals surface area (Å²) < 4.78 is 7.22. The lowest BCUT2D eigenvalue weighted by atomic mass is 10.1. The van der Waals surface area contributed by atoms with Crippen LogP contribution in [0.2, 0.25) is 0 Å². The zero-order valence-corrected chi connectivity index (χ0v) is 20.7. The van der Waals surface area contributed by atoms with Gasteiger partial charge in [-0.1, -0.05) is 35.5 Å². The van der Waals surface area contributed by atoms with Gasteiger partial charge >= 0.3 is 0 Å². The number of nitrogens with one attached hydrogen (secondary N) is 3. The van der Waals surface area contributed by atoms with Gasteiger partial charge in [0.15, 0.2) is 0 Å². The predicted molar refractivity (Wildman–Crippen MR) is 145 cm³/mol. The van der Waals surface area contributed by atoms with Crippen LogP contribution in [0.3, 0.4) is 0 Å². The summed E-state index contributed by atoms with van der Waals surface area (Å²) in [7, 11) is 1.77. The third-order valence-corrected chi connectivity index (χ3v) is 6.21. The van der Waals surface area contributed by atoms with Crippen LogP contribution in [0.5, 0.6) is 0 Å². The summed E-state index contributed by atoms with van der Waals surface area (Å²) in [5, 5.41) is 24.1. The Morgan fingerprint density at radius 2 is 1.90 bits per heavy atom. The highest BCUT2D eigenvalue weighted by Gasteiger charge is 2.20. The normalized spacial score (nSPS) is 11.9. The van der Waals surface area contributed by atoms with Crippen LogP contribution in [0.25, 0.3) is 33.7 Å². The zero-order chi connectivity index (χ0) is 26.8. The second-order valence-corrected chi connectivity index (χ2v) is 8.76. The third-order valence-electron chi connectivity index (χ3n) is 6.21. The Morgan fingerprint density at radius 1 is 1.08 bits per heavy atom. The molecule has 0 aliphatic rings. The molecular formula is C27H23N9O3. The minimum absolute atomic E-state index is 0.159. The van der Waals surface area contributed by atoms with Crippen molar-refractivity contribution in [3.63, 3.8) is 0 Å². The Kier molecular flexibility index (Phi) is 6.27. The first-order valence-electron chi connectivity index (χ1n) is 12.1. The van der Waals surface area contributed by atoms with E-state index in [0.29, 0.717) is 34.2 Å². The van der Waals surface area contributed by atoms with Crippen LogP contribution in [-0.4, -0.2) is 46.6 Å². The first-order valence-corrected chi connectivity index (χ1v) is 12.1. The molecule has 4 N–H and O–H groups in total. The molecule has 2 aromatic carbocycles. The lowest BCUT2D eigenvalue weighted by molar-refractivity contribution is 0.276. The van der Waals surface area contributed by atoms with E-state index in [4.69, 9.17) is 4.52 Å². The minimum atomic E-state index is -0.457. The zero-order valence-electron chi connectivity index (χ0n) is 20.7. The molecule has 12 nitrogen and oxygen atoms in total. The Morgan fingerprint density at radius 3 is 2.69 bits per heavy atom. The largest absolute Gasteiger partial charge is 0.394 e. The molecular weight excluding hydrogens is 498 g/mol. The summed E-state index contributed by atoms with van der Waals surface area (Å²) in [4.78, 5) is 29.8. The molecule has 12 heteroatoms. The van der Waals surface area contributed by atoms with Crippen molar-refractivity contribution in [3.05, 3.63) is 95.2 Å². The van der Waals surface area contributed by atoms with Crippen LogP contribution in [0.1, 0.15) is 11.6 Å².